The topological polar surface area (TPSA) is 66.5 Å². The molecule has 5 heteroatoms. The quantitative estimate of drug-likeness (QED) is 0.557. The fourth-order valence-corrected chi connectivity index (χ4v) is 2.32. The molecule has 0 unspecified atom stereocenters. The number of amides is 1. The molecule has 0 radical (unpaired) electrons. The molecule has 0 aliphatic carbocycles. The van der Waals surface area contributed by atoms with Gasteiger partial charge in [-0.1, -0.05) is 24.3 Å². The van der Waals surface area contributed by atoms with Crippen LogP contribution in [0.5, 0.6) is 5.75 Å². The number of rotatable bonds is 5. The highest BCUT2D eigenvalue weighted by Gasteiger charge is 2.03. The standard InChI is InChI=1S/C19H17N3O2/c1-24-16-10-8-14(9-11-16)19(23)22-21-12-4-5-15-13-20-18-7-3-2-6-17(15)18/h2-13,20H,1H3,(H,22,23)/b5-4+,21-12-. The molecule has 0 spiro atoms. The van der Waals surface area contributed by atoms with Gasteiger partial charge in [0.1, 0.15) is 5.75 Å². The number of hydrogen-bond acceptors (Lipinski definition) is 3. The molecular weight excluding hydrogens is 302 g/mol. The first-order chi connectivity index (χ1) is 11.8. The van der Waals surface area contributed by atoms with Gasteiger partial charge in [0.25, 0.3) is 5.91 Å². The molecular formula is C19H17N3O2. The monoisotopic (exact) mass is 319 g/mol. The third-order valence-corrected chi connectivity index (χ3v) is 3.58. The Morgan fingerprint density at radius 3 is 2.75 bits per heavy atom. The number of allylic oxidation sites excluding steroid dienone is 1. The van der Waals surface area contributed by atoms with Gasteiger partial charge in [-0.2, -0.15) is 5.10 Å². The van der Waals surface area contributed by atoms with Gasteiger partial charge in [-0.25, -0.2) is 5.43 Å². The average molecular weight is 319 g/mol. The fraction of sp³-hybridized carbons (Fsp3) is 0.0526. The number of carbonyl (C=O) groups excluding carboxylic acids is 1. The zero-order valence-electron chi connectivity index (χ0n) is 13.2. The van der Waals surface area contributed by atoms with E-state index >= 15 is 0 Å². The summed E-state index contributed by atoms with van der Waals surface area (Å²) in [6.07, 6.45) is 7.19. The van der Waals surface area contributed by atoms with Gasteiger partial charge in [0.05, 0.1) is 7.11 Å². The van der Waals surface area contributed by atoms with Gasteiger partial charge < -0.3 is 9.72 Å². The van der Waals surface area contributed by atoms with E-state index in [-0.39, 0.29) is 5.91 Å². The molecule has 1 amide bonds. The summed E-state index contributed by atoms with van der Waals surface area (Å²) in [5, 5.41) is 5.06. The maximum atomic E-state index is 11.9. The number of H-pyrrole nitrogens is 1. The molecule has 3 rings (SSSR count). The minimum Gasteiger partial charge on any atom is -0.497 e. The van der Waals surface area contributed by atoms with E-state index < -0.39 is 0 Å². The van der Waals surface area contributed by atoms with E-state index in [1.54, 1.807) is 43.7 Å². The van der Waals surface area contributed by atoms with Gasteiger partial charge in [0.2, 0.25) is 0 Å². The van der Waals surface area contributed by atoms with Gasteiger partial charge >= 0.3 is 0 Å². The van der Waals surface area contributed by atoms with E-state index in [0.29, 0.717) is 11.3 Å². The van der Waals surface area contributed by atoms with Crippen molar-refractivity contribution in [2.24, 2.45) is 5.10 Å². The van der Waals surface area contributed by atoms with E-state index in [2.05, 4.69) is 15.5 Å². The van der Waals surface area contributed by atoms with Gasteiger partial charge in [-0.3, -0.25) is 4.79 Å². The van der Waals surface area contributed by atoms with E-state index in [1.165, 1.54) is 0 Å². The Labute approximate surface area is 139 Å². The van der Waals surface area contributed by atoms with Crippen molar-refractivity contribution in [2.45, 2.75) is 0 Å². The van der Waals surface area contributed by atoms with Crippen LogP contribution in [-0.2, 0) is 0 Å². The van der Waals surface area contributed by atoms with Crippen molar-refractivity contribution in [2.75, 3.05) is 7.11 Å². The molecule has 2 aromatic carbocycles. The maximum Gasteiger partial charge on any atom is 0.271 e. The Hall–Kier alpha value is -3.34. The number of methoxy groups -OCH3 is 1. The van der Waals surface area contributed by atoms with Gasteiger partial charge in [0, 0.05) is 28.9 Å². The van der Waals surface area contributed by atoms with Crippen LogP contribution in [0, 0.1) is 0 Å². The van der Waals surface area contributed by atoms with E-state index in [9.17, 15) is 4.79 Å². The summed E-state index contributed by atoms with van der Waals surface area (Å²) in [4.78, 5) is 15.1. The minimum absolute atomic E-state index is 0.269. The summed E-state index contributed by atoms with van der Waals surface area (Å²) in [7, 11) is 1.58. The van der Waals surface area contributed by atoms with Crippen LogP contribution in [-0.4, -0.2) is 24.2 Å². The summed E-state index contributed by atoms with van der Waals surface area (Å²) < 4.78 is 5.05. The maximum absolute atomic E-state index is 11.9. The lowest BCUT2D eigenvalue weighted by atomic mass is 10.2. The smallest absolute Gasteiger partial charge is 0.271 e. The van der Waals surface area contributed by atoms with Crippen LogP contribution in [0.4, 0.5) is 0 Å². The van der Waals surface area contributed by atoms with E-state index in [1.807, 2.05) is 36.5 Å². The minimum atomic E-state index is -0.269. The Bertz CT molecular complexity index is 892. The van der Waals surface area contributed by atoms with Crippen LogP contribution in [0.2, 0.25) is 0 Å². The number of aromatic amines is 1. The average Bonchev–Trinajstić information content (AvgIpc) is 3.04. The lowest BCUT2D eigenvalue weighted by Gasteiger charge is -2.01. The van der Waals surface area contributed by atoms with Crippen LogP contribution in [0.3, 0.4) is 0 Å². The highest BCUT2D eigenvalue weighted by atomic mass is 16.5. The number of aromatic nitrogens is 1. The Morgan fingerprint density at radius 2 is 1.96 bits per heavy atom. The second-order valence-electron chi connectivity index (χ2n) is 5.10. The van der Waals surface area contributed by atoms with Crippen molar-refractivity contribution in [1.29, 1.82) is 0 Å². The van der Waals surface area contributed by atoms with Crippen LogP contribution < -0.4 is 10.2 Å². The summed E-state index contributed by atoms with van der Waals surface area (Å²) in [6.45, 7) is 0. The van der Waals surface area contributed by atoms with Crippen molar-refractivity contribution in [1.82, 2.24) is 10.4 Å². The van der Waals surface area contributed by atoms with Crippen molar-refractivity contribution < 1.29 is 9.53 Å². The Morgan fingerprint density at radius 1 is 1.17 bits per heavy atom. The van der Waals surface area contributed by atoms with Crippen LogP contribution >= 0.6 is 0 Å². The first-order valence-electron chi connectivity index (χ1n) is 7.48. The summed E-state index contributed by atoms with van der Waals surface area (Å²) in [5.74, 6) is 0.436. The zero-order valence-corrected chi connectivity index (χ0v) is 13.2. The number of nitrogens with zero attached hydrogens (tertiary/aromatic N) is 1. The Balaban J connectivity index is 1.59. The first kappa shape index (κ1) is 15.6. The molecule has 120 valence electrons. The van der Waals surface area contributed by atoms with Crippen molar-refractivity contribution in [3.8, 4) is 5.75 Å². The number of para-hydroxylation sites is 1. The molecule has 2 N–H and O–H groups in total. The number of benzene rings is 2. The van der Waals surface area contributed by atoms with Crippen molar-refractivity contribution >= 4 is 29.1 Å². The highest BCUT2D eigenvalue weighted by Crippen LogP contribution is 2.18. The largest absolute Gasteiger partial charge is 0.497 e. The van der Waals surface area contributed by atoms with Crippen LogP contribution in [0.25, 0.3) is 17.0 Å². The summed E-state index contributed by atoms with van der Waals surface area (Å²) >= 11 is 0. The molecule has 24 heavy (non-hydrogen) atoms. The molecule has 3 aromatic rings. The third-order valence-electron chi connectivity index (χ3n) is 3.58. The predicted molar refractivity (Wildman–Crippen MR) is 96.3 cm³/mol. The second kappa shape index (κ2) is 7.28. The molecule has 0 aliphatic rings. The molecule has 1 heterocycles. The normalized spacial score (nSPS) is 11.4. The predicted octanol–water partition coefficient (Wildman–Crippen LogP) is 3.61. The van der Waals surface area contributed by atoms with Gasteiger partial charge in [-0.15, -0.1) is 0 Å². The van der Waals surface area contributed by atoms with E-state index in [4.69, 9.17) is 4.74 Å². The number of ether oxygens (including phenoxy) is 1. The lowest BCUT2D eigenvalue weighted by Crippen LogP contribution is -2.17. The molecule has 0 saturated carbocycles. The summed E-state index contributed by atoms with van der Waals surface area (Å²) in [5.41, 5.74) is 5.16. The molecule has 0 fully saturated rings. The fourth-order valence-electron chi connectivity index (χ4n) is 2.32. The number of fused-ring (bicyclic) bond motifs is 1. The summed E-state index contributed by atoms with van der Waals surface area (Å²) in [6, 6.07) is 14.9. The van der Waals surface area contributed by atoms with Crippen molar-refractivity contribution in [3.05, 3.63) is 71.9 Å². The third kappa shape index (κ3) is 3.52. The number of hydrazone groups is 1. The zero-order chi connectivity index (χ0) is 16.8. The van der Waals surface area contributed by atoms with Gasteiger partial charge in [-0.05, 0) is 42.0 Å². The number of nitrogens with one attached hydrogen (secondary N) is 2. The van der Waals surface area contributed by atoms with Crippen LogP contribution in [0.1, 0.15) is 15.9 Å². The Kier molecular flexibility index (Phi) is 4.72. The SMILES string of the molecule is COc1ccc(C(=O)N/N=C\C=C\c2c[nH]c3ccccc23)cc1. The number of carbonyl (C=O) groups is 1. The number of hydrogen-bond donors (Lipinski definition) is 2. The molecule has 5 nitrogen and oxygen atoms in total. The van der Waals surface area contributed by atoms with Gasteiger partial charge in [0.15, 0.2) is 0 Å². The molecule has 0 atom stereocenters. The molecule has 0 bridgehead atoms. The first-order valence-corrected chi connectivity index (χ1v) is 7.48. The van der Waals surface area contributed by atoms with E-state index in [0.717, 1.165) is 16.5 Å². The van der Waals surface area contributed by atoms with Crippen molar-refractivity contribution in [3.63, 3.8) is 0 Å². The molecule has 0 saturated heterocycles. The highest BCUT2D eigenvalue weighted by molar-refractivity contribution is 5.95. The molecule has 0 aliphatic heterocycles. The molecule has 1 aromatic heterocycles. The second-order valence-corrected chi connectivity index (χ2v) is 5.10. The van der Waals surface area contributed by atoms with Crippen LogP contribution in [0.15, 0.2) is 65.9 Å². The lowest BCUT2D eigenvalue weighted by molar-refractivity contribution is 0.0955.